The molecule has 332 valence electrons. The molecule has 11 rings (SSSR count). The fraction of sp³-hybridized carbons (Fsp3) is 0.362. The minimum atomic E-state index is -0.569. The summed E-state index contributed by atoms with van der Waals surface area (Å²) in [5, 5.41) is 14.1. The maximum atomic E-state index is 15.9. The average Bonchev–Trinajstić information content (AvgIpc) is 3.86. The van der Waals surface area contributed by atoms with Gasteiger partial charge in [-0.05, 0) is 124 Å². The molecule has 2 N–H and O–H groups in total. The Bertz CT molecular complexity index is 3200. The molecule has 1 aliphatic carbocycles. The number of H-pyrrole nitrogens is 2. The number of rotatable bonds is 6. The van der Waals surface area contributed by atoms with Crippen molar-refractivity contribution < 1.29 is 22.8 Å². The van der Waals surface area contributed by atoms with Gasteiger partial charge < -0.3 is 14.6 Å². The summed E-state index contributed by atoms with van der Waals surface area (Å²) in [7, 11) is 1.73. The summed E-state index contributed by atoms with van der Waals surface area (Å²) < 4.78 is 46.7. The molecular weight excluding hydrogens is 1090 g/mol. The molecule has 1 saturated heterocycles. The number of ether oxygens (including phenoxy) is 1. The van der Waals surface area contributed by atoms with E-state index < -0.39 is 23.3 Å². The first-order valence-corrected chi connectivity index (χ1v) is 74.7. The van der Waals surface area contributed by atoms with Crippen LogP contribution in [0.2, 0.25) is 0 Å². The fourth-order valence-electron chi connectivity index (χ4n) is 9.48. The van der Waals surface area contributed by atoms with Crippen LogP contribution in [-0.4, -0.2) is 148 Å². The first kappa shape index (κ1) is 48.3. The molecule has 3 atom stereocenters. The van der Waals surface area contributed by atoms with Crippen LogP contribution in [0.4, 0.5) is 8.78 Å². The molecule has 15 nitrogen and oxygen atoms in total. The zero-order chi connectivity index (χ0) is 46.6. The van der Waals surface area contributed by atoms with Crippen LogP contribution in [0.3, 0.4) is 0 Å². The second kappa shape index (κ2) is 20.3. The van der Waals surface area contributed by atoms with Crippen molar-refractivity contribution in [1.82, 2.24) is 48.7 Å². The van der Waals surface area contributed by atoms with Crippen molar-refractivity contribution in [3.05, 3.63) is 139 Å². The molecule has 1 amide bonds. The van der Waals surface area contributed by atoms with E-state index in [0.29, 0.717) is 87.8 Å². The number of nitrogens with one attached hydrogen (secondary N) is 2. The molecule has 8 aromatic rings. The van der Waals surface area contributed by atoms with Gasteiger partial charge in [0.05, 0.1) is 40.2 Å². The van der Waals surface area contributed by atoms with E-state index in [1.807, 2.05) is 24.0 Å². The molecule has 3 aromatic carbocycles. The number of aryl methyl sites for hydroxylation is 4. The van der Waals surface area contributed by atoms with Gasteiger partial charge in [0, 0.05) is 61.6 Å². The first-order valence-electron chi connectivity index (χ1n) is 22.7. The Labute approximate surface area is 431 Å². The monoisotopic (exact) mass is 1140 g/mol. The summed E-state index contributed by atoms with van der Waals surface area (Å²) >= 11 is 2.22. The molecular formula is C47H48Cs2F2N10O5. The zero-order valence-electron chi connectivity index (χ0n) is 38.2. The van der Waals surface area contributed by atoms with Crippen LogP contribution in [-0.2, 0) is 18.2 Å². The Morgan fingerprint density at radius 2 is 1.65 bits per heavy atom. The van der Waals surface area contributed by atoms with Crippen LogP contribution in [0, 0.1) is 31.4 Å². The van der Waals surface area contributed by atoms with Gasteiger partial charge in [0.15, 0.2) is 11.6 Å². The van der Waals surface area contributed by atoms with Crippen molar-refractivity contribution in [2.45, 2.75) is 77.7 Å². The van der Waals surface area contributed by atoms with Gasteiger partial charge in [-0.2, -0.15) is 10.2 Å². The normalized spacial score (nSPS) is 18.4. The van der Waals surface area contributed by atoms with E-state index in [2.05, 4.69) is 43.8 Å². The number of amides is 1. The van der Waals surface area contributed by atoms with E-state index in [9.17, 15) is 18.8 Å². The van der Waals surface area contributed by atoms with E-state index in [1.165, 1.54) is 27.1 Å². The topological polar surface area (TPSA) is 167 Å². The molecule has 7 heterocycles. The minimum absolute atomic E-state index is 0.0773. The maximum absolute atomic E-state index is 15.9. The molecule has 2 fully saturated rings. The van der Waals surface area contributed by atoms with E-state index in [0.717, 1.165) is 123 Å². The molecule has 2 aliphatic heterocycles. The van der Waals surface area contributed by atoms with Crippen LogP contribution >= 0.6 is 0 Å². The fourth-order valence-corrected chi connectivity index (χ4v) is 9.48. The van der Waals surface area contributed by atoms with Crippen molar-refractivity contribution in [2.24, 2.45) is 13.0 Å². The van der Waals surface area contributed by atoms with Crippen LogP contribution in [0.1, 0.15) is 102 Å². The number of benzene rings is 3. The quantitative estimate of drug-likeness (QED) is 0.183. The number of aromatic nitrogens is 9. The zero-order valence-corrected chi connectivity index (χ0v) is 50.8. The Morgan fingerprint density at radius 1 is 0.924 bits per heavy atom. The summed E-state index contributed by atoms with van der Waals surface area (Å²) in [5.41, 5.74) is 5.62. The van der Waals surface area contributed by atoms with Gasteiger partial charge in [-0.1, -0.05) is 18.1 Å². The van der Waals surface area contributed by atoms with Gasteiger partial charge in [0.2, 0.25) is 0 Å². The summed E-state index contributed by atoms with van der Waals surface area (Å²) in [6.07, 6.45) is 8.80. The number of carbonyl (C=O) groups excluding carboxylic acids is 1. The Morgan fingerprint density at radius 3 is 2.35 bits per heavy atom. The number of imidazole rings is 1. The van der Waals surface area contributed by atoms with E-state index >= 15 is 4.39 Å². The molecule has 19 heteroatoms. The number of carbonyl (C=O) groups is 1. The Balaban J connectivity index is 0.000000398. The van der Waals surface area contributed by atoms with Gasteiger partial charge in [0.25, 0.3) is 5.91 Å². The van der Waals surface area contributed by atoms with Crippen LogP contribution in [0.5, 0.6) is 0 Å². The average molecular weight is 1140 g/mol. The van der Waals surface area contributed by atoms with Crippen molar-refractivity contribution in [2.75, 3.05) is 19.8 Å². The number of fused-ring (bicyclic) bond motifs is 3. The third kappa shape index (κ3) is 9.34. The molecule has 0 spiro atoms. The molecule has 0 radical (unpaired) electrons. The second-order valence-corrected chi connectivity index (χ2v) is 17.4. The molecule has 1 saturated carbocycles. The van der Waals surface area contributed by atoms with Crippen molar-refractivity contribution in [3.63, 3.8) is 0 Å². The second-order valence-electron chi connectivity index (χ2n) is 17.4. The number of halogens is 2. The third-order valence-corrected chi connectivity index (χ3v) is 13.2. The van der Waals surface area contributed by atoms with Gasteiger partial charge in [-0.3, -0.25) is 28.1 Å². The predicted octanol–water partition coefficient (Wildman–Crippen LogP) is 6.85. The van der Waals surface area contributed by atoms with Crippen molar-refractivity contribution in [1.29, 1.82) is 0 Å². The van der Waals surface area contributed by atoms with Crippen LogP contribution in [0.25, 0.3) is 39.0 Å². The van der Waals surface area contributed by atoms with E-state index in [-0.39, 0.29) is 17.4 Å². The number of aromatic amines is 2. The summed E-state index contributed by atoms with van der Waals surface area (Å²) in [6, 6.07) is 14.4. The number of hydrogen-bond acceptors (Lipinski definition) is 8. The van der Waals surface area contributed by atoms with E-state index in [1.54, 1.807) is 60.7 Å². The van der Waals surface area contributed by atoms with E-state index in [4.69, 9.17) is 9.84 Å². The number of nitrogens with zero attached hydrogens (tertiary/aromatic N) is 8. The predicted molar refractivity (Wildman–Crippen MR) is 246 cm³/mol. The van der Waals surface area contributed by atoms with Crippen LogP contribution in [0.15, 0.2) is 81.2 Å². The summed E-state index contributed by atoms with van der Waals surface area (Å²) in [4.78, 5) is 47.1. The third-order valence-electron chi connectivity index (χ3n) is 13.2. The molecule has 2 unspecified atom stereocenters. The first-order chi connectivity index (χ1) is 31.9. The summed E-state index contributed by atoms with van der Waals surface area (Å²) in [6.45, 7) is 9.43. The Hall–Kier alpha value is -2.78. The van der Waals surface area contributed by atoms with Gasteiger partial charge >= 0.3 is 85.0 Å². The van der Waals surface area contributed by atoms with Gasteiger partial charge in [-0.25, -0.2) is 23.1 Å². The molecule has 66 heavy (non-hydrogen) atoms. The van der Waals surface area contributed by atoms with Gasteiger partial charge in [-0.15, -0.1) is 0 Å². The molecule has 3 aliphatic rings. The van der Waals surface area contributed by atoms with Crippen molar-refractivity contribution in [3.8, 4) is 17.2 Å². The van der Waals surface area contributed by atoms with Crippen LogP contribution < -0.4 is 11.4 Å². The molecule has 5 aromatic heterocycles. The SMILES string of the molecule is CC1CC1c1noc(=O)[nH]1.Cc1cc(-n2nc3c(c2-n2ccn(-c4ccc5c(cnn5C)c4F)c2=O)[C@H](C)N(C(=O)c2cc4cc(C5CCOCC5)ccc4[nH]2)CCC3)cc(C)c1F.[Cs][Cs]. The Kier molecular flexibility index (Phi) is 14.8. The summed E-state index contributed by atoms with van der Waals surface area (Å²) in [5.74, 6) is 1.13. The standard InChI is InChI=1S/C41H40F2N8O3.C6H8N2O2.2Cs/c1-23-18-29(19-24(2)37(23)42)51-39(50-15-14-49(41(50)53)35-10-9-34-30(38(35)43)22-44-47(34)4)36-25(3)48(13-5-6-32(36)46-51)40(52)33-21-28-20-27(7-8-31(28)45-33)26-11-16-54-17-12-26;1-3-2-4(3)5-7-6(9)10-8-5;;/h7-10,14-15,18-22,25-26,45H,5-6,11-13,16-17H2,1-4H3;3-4H,2H2,1H3,(H,7,8,9);;/t25-;;;/m0.../s1. The molecule has 0 bridgehead atoms. The number of hydrogen-bond donors (Lipinski definition) is 2. The van der Waals surface area contributed by atoms with Gasteiger partial charge in [0.1, 0.15) is 17.3 Å². The van der Waals surface area contributed by atoms with Crippen molar-refractivity contribution >= 4 is 101 Å².